The van der Waals surface area contributed by atoms with Gasteiger partial charge in [0.25, 0.3) is 22.9 Å². The summed E-state index contributed by atoms with van der Waals surface area (Å²) in [5.74, 6) is 6.68. The lowest BCUT2D eigenvalue weighted by atomic mass is 10.1. The number of H-pyrrole nitrogens is 2. The average Bonchev–Trinajstić information content (AvgIpc) is 3.64. The summed E-state index contributed by atoms with van der Waals surface area (Å²) in [7, 11) is 6.21. The van der Waals surface area contributed by atoms with Gasteiger partial charge < -0.3 is 56.5 Å². The first kappa shape index (κ1) is 69.8. The molecule has 0 radical (unpaired) electrons. The minimum atomic E-state index is -0.818. The molecule has 2 heterocycles. The number of carboxylic acid groups (broad SMARTS) is 1. The zero-order valence-corrected chi connectivity index (χ0v) is 50.6. The number of nitrogen functional groups attached to an aromatic ring is 1. The number of nitrogens with zero attached hydrogens (tertiary/aromatic N) is 2. The Kier molecular flexibility index (Phi) is 31.2. The molecule has 0 atom stereocenters. The summed E-state index contributed by atoms with van der Waals surface area (Å²) in [6.45, 7) is 1.65. The van der Waals surface area contributed by atoms with Crippen LogP contribution in [0, 0.1) is 35.8 Å². The van der Waals surface area contributed by atoms with Crippen molar-refractivity contribution >= 4 is 105 Å². The lowest BCUT2D eigenvalue weighted by molar-refractivity contribution is -0.138. The van der Waals surface area contributed by atoms with Gasteiger partial charge in [0.1, 0.15) is 23.3 Å². The predicted octanol–water partition coefficient (Wildman–Crippen LogP) is 9.09. The van der Waals surface area contributed by atoms with Crippen LogP contribution in [0.25, 0.3) is 21.8 Å². The number of terminal acetylenes is 1. The van der Waals surface area contributed by atoms with E-state index in [2.05, 4.69) is 95.5 Å². The van der Waals surface area contributed by atoms with E-state index in [0.29, 0.717) is 106 Å². The topological polar surface area (TPSA) is 307 Å². The molecule has 0 aliphatic heterocycles. The lowest BCUT2D eigenvalue weighted by Gasteiger charge is -2.09. The van der Waals surface area contributed by atoms with Crippen molar-refractivity contribution in [2.75, 3.05) is 65.9 Å². The van der Waals surface area contributed by atoms with E-state index in [1.165, 1.54) is 38.5 Å². The van der Waals surface area contributed by atoms with E-state index < -0.39 is 17.8 Å². The maximum Gasteiger partial charge on any atom is 0.305 e. The second kappa shape index (κ2) is 37.6. The number of ether oxygens (including phenoxy) is 4. The van der Waals surface area contributed by atoms with Crippen LogP contribution in [-0.4, -0.2) is 104 Å². The van der Waals surface area contributed by atoms with E-state index >= 15 is 0 Å². The molecule has 0 saturated carbocycles. The van der Waals surface area contributed by atoms with E-state index in [9.17, 15) is 37.5 Å². The first-order chi connectivity index (χ1) is 40.1. The Morgan fingerprint density at radius 2 is 1.05 bits per heavy atom. The van der Waals surface area contributed by atoms with Crippen molar-refractivity contribution < 1.29 is 52.0 Å². The van der Waals surface area contributed by atoms with Crippen LogP contribution in [0.15, 0.2) is 144 Å². The molecule has 8 rings (SSSR count). The molecule has 24 heteroatoms. The summed E-state index contributed by atoms with van der Waals surface area (Å²) >= 11 is 9.83. The molecule has 84 heavy (non-hydrogen) atoms. The summed E-state index contributed by atoms with van der Waals surface area (Å²) in [6.07, 6.45) is 6.45. The van der Waals surface area contributed by atoms with Crippen molar-refractivity contribution in [2.24, 2.45) is 11.5 Å². The fourth-order valence-electron chi connectivity index (χ4n) is 6.54. The molecule has 0 bridgehead atoms. The fraction of sp³-hybridized carbons (Fsp3) is 0.200. The van der Waals surface area contributed by atoms with Crippen molar-refractivity contribution in [1.29, 1.82) is 0 Å². The summed E-state index contributed by atoms with van der Waals surface area (Å²) in [5.41, 5.74) is 20.0. The second-order valence-corrected chi connectivity index (χ2v) is 19.6. The molecule has 0 unspecified atom stereocenters. The van der Waals surface area contributed by atoms with E-state index in [4.69, 9.17) is 42.9 Å². The largest absolute Gasteiger partial charge is 0.481 e. The van der Waals surface area contributed by atoms with Crippen LogP contribution >= 0.6 is 47.8 Å². The van der Waals surface area contributed by atoms with Gasteiger partial charge in [-0.05, 0) is 109 Å². The number of hydrogen-bond acceptors (Lipinski definition) is 13. The number of hydrogen-bond donors (Lipinski definition) is 7. The van der Waals surface area contributed by atoms with Crippen LogP contribution < -0.4 is 33.6 Å². The Labute approximate surface area is 507 Å². The number of fused-ring (bicyclic) bond motifs is 2. The number of anilines is 2. The quantitative estimate of drug-likeness (QED) is 0.0372. The minimum absolute atomic E-state index is 0.0938. The highest BCUT2D eigenvalue weighted by molar-refractivity contribution is 9.11. The molecule has 0 spiro atoms. The lowest BCUT2D eigenvalue weighted by Crippen LogP contribution is -2.19. The number of aliphatic carboxylic acids is 1. The number of halogens is 5. The van der Waals surface area contributed by atoms with E-state index in [1.807, 2.05) is 12.1 Å². The molecule has 0 fully saturated rings. The van der Waals surface area contributed by atoms with Crippen LogP contribution in [0.2, 0.25) is 0 Å². The third-order valence-electron chi connectivity index (χ3n) is 10.6. The Morgan fingerprint density at radius 3 is 1.52 bits per heavy atom. The molecule has 8 aromatic rings. The van der Waals surface area contributed by atoms with Gasteiger partial charge in [0, 0.05) is 77.1 Å². The normalized spacial score (nSPS) is 9.95. The number of methoxy groups -OCH3 is 4. The number of carbonyl (C=O) groups excluding carboxylic acids is 3. The molecule has 2 aromatic heterocycles. The number of carboxylic acids is 1. The van der Waals surface area contributed by atoms with E-state index in [1.54, 1.807) is 99.1 Å². The smallest absolute Gasteiger partial charge is 0.305 e. The molecule has 10 N–H and O–H groups in total. The molecule has 0 aliphatic carbocycles. The maximum absolute atomic E-state index is 13.2. The number of amides is 3. The molecular formula is C60H59Br3F2N8O11. The zero-order chi connectivity index (χ0) is 62.1. The standard InChI is InChI=1S/C19H15FN2O2.C11H13BrN2O3.C11H11BrN2O2.C8H5F.C7H7BrN2O.C4H8O3/c1-24-10-9-18-21-17-12-14(7-8-16(17)19(23)22-18)6-5-13-3-2-4-15(20)11-13;1-17-5-4-10(15)14-9-6-7(12)2-3-8(9)11(13)16;1-16-5-4-10-13-9-6-7(12)2-3-8(9)11(15)14-10;1-2-7-4-3-5-8(9)6-7;8-4-1-2-5(7(10)11)6(9)3-4;1-7-3-2-4(5)6/h2-4,7-8,11-12H,9-10H2,1H3,(H,21,22,23);2-3,6H,4-5H2,1H3,(H2,13,16)(H,14,15);2-3,6H,4-5H2,1H3,(H,13,14,15);1,3-6H;1-3H,9H2,(H2,10,11);2-3H2,1H3,(H,5,6). The Hall–Kier alpha value is -8.46. The summed E-state index contributed by atoms with van der Waals surface area (Å²) < 4.78 is 47.1. The van der Waals surface area contributed by atoms with Gasteiger partial charge in [0.2, 0.25) is 5.91 Å². The number of aromatic nitrogens is 4. The predicted molar refractivity (Wildman–Crippen MR) is 329 cm³/mol. The van der Waals surface area contributed by atoms with Crippen molar-refractivity contribution in [2.45, 2.75) is 25.7 Å². The maximum atomic E-state index is 13.2. The van der Waals surface area contributed by atoms with Crippen molar-refractivity contribution in [3.05, 3.63) is 207 Å². The Balaban J connectivity index is 0.000000276. The fourth-order valence-corrected chi connectivity index (χ4v) is 7.63. The summed E-state index contributed by atoms with van der Waals surface area (Å²) in [5, 5.41) is 11.7. The monoisotopic (exact) mass is 1340 g/mol. The van der Waals surface area contributed by atoms with E-state index in [0.717, 1.165) is 13.4 Å². The molecule has 6 aromatic carbocycles. The van der Waals surface area contributed by atoms with Crippen molar-refractivity contribution in [3.8, 4) is 24.2 Å². The van der Waals surface area contributed by atoms with Gasteiger partial charge >= 0.3 is 5.97 Å². The molecule has 440 valence electrons. The Morgan fingerprint density at radius 1 is 0.595 bits per heavy atom. The number of rotatable bonds is 15. The number of carbonyl (C=O) groups is 4. The number of aromatic amines is 2. The third-order valence-corrected chi connectivity index (χ3v) is 12.1. The number of nitrogens with one attached hydrogen (secondary N) is 3. The van der Waals surface area contributed by atoms with Gasteiger partial charge in [-0.2, -0.15) is 0 Å². The molecule has 0 saturated heterocycles. The first-order valence-corrected chi connectivity index (χ1v) is 27.1. The van der Waals surface area contributed by atoms with Gasteiger partial charge in [-0.25, -0.2) is 18.7 Å². The number of nitrogens with two attached hydrogens (primary N) is 3. The van der Waals surface area contributed by atoms with Gasteiger partial charge in [-0.1, -0.05) is 77.7 Å². The van der Waals surface area contributed by atoms with Crippen LogP contribution in [0.3, 0.4) is 0 Å². The third kappa shape index (κ3) is 25.8. The number of primary amides is 2. The molecule has 3 amide bonds. The van der Waals surface area contributed by atoms with Gasteiger partial charge in [0.15, 0.2) is 0 Å². The summed E-state index contributed by atoms with van der Waals surface area (Å²) in [6, 6.07) is 32.5. The Bertz CT molecular complexity index is 3760. The number of benzene rings is 6. The summed E-state index contributed by atoms with van der Waals surface area (Å²) in [4.78, 5) is 81.1. The molecule has 19 nitrogen and oxygen atoms in total. The van der Waals surface area contributed by atoms with Crippen LogP contribution in [-0.2, 0) is 41.4 Å². The highest BCUT2D eigenvalue weighted by Gasteiger charge is 2.12. The van der Waals surface area contributed by atoms with Gasteiger partial charge in [-0.15, -0.1) is 6.42 Å². The minimum Gasteiger partial charge on any atom is -0.481 e. The highest BCUT2D eigenvalue weighted by atomic mass is 79.9. The first-order valence-electron chi connectivity index (χ1n) is 24.7. The molecule has 0 aliphatic rings. The highest BCUT2D eigenvalue weighted by Crippen LogP contribution is 2.22. The van der Waals surface area contributed by atoms with Gasteiger partial charge in [0.05, 0.1) is 77.9 Å². The average molecular weight is 1350 g/mol. The zero-order valence-electron chi connectivity index (χ0n) is 45.8. The SMILES string of the molecule is C#Cc1cccc(F)c1.COCCC(=O)Nc1cc(Br)ccc1C(N)=O.COCCC(=O)O.COCCc1nc2cc(Br)ccc2c(=O)[nH]1.COCCc1nc2cc(C#Cc3cccc(F)c3)ccc2c(=O)[nH]1.NC(=O)c1ccc(Br)cc1N. The van der Waals surface area contributed by atoms with Crippen molar-refractivity contribution in [1.82, 2.24) is 19.9 Å². The van der Waals surface area contributed by atoms with E-state index in [-0.39, 0.29) is 47.1 Å². The van der Waals surface area contributed by atoms with Gasteiger partial charge in [-0.3, -0.25) is 28.8 Å². The second-order valence-electron chi connectivity index (χ2n) is 16.9. The van der Waals surface area contributed by atoms with Crippen LogP contribution in [0.4, 0.5) is 20.2 Å². The van der Waals surface area contributed by atoms with Crippen LogP contribution in [0.1, 0.15) is 61.9 Å². The van der Waals surface area contributed by atoms with Crippen LogP contribution in [0.5, 0.6) is 0 Å². The molecular weight excluding hydrogens is 1290 g/mol. The van der Waals surface area contributed by atoms with Crippen molar-refractivity contribution in [3.63, 3.8) is 0 Å².